The molecule has 0 saturated heterocycles. The van der Waals surface area contributed by atoms with Crippen molar-refractivity contribution in [3.63, 3.8) is 0 Å². The van der Waals surface area contributed by atoms with Gasteiger partial charge in [-0.25, -0.2) is 0 Å². The van der Waals surface area contributed by atoms with E-state index in [1.54, 1.807) is 63.2 Å². The van der Waals surface area contributed by atoms with Crippen LogP contribution >= 0.6 is 0 Å². The van der Waals surface area contributed by atoms with Crippen LogP contribution in [0, 0.1) is 22.0 Å². The number of carbonyl (C=O) groups is 5. The van der Waals surface area contributed by atoms with Gasteiger partial charge in [-0.1, -0.05) is 80.6 Å². The first-order chi connectivity index (χ1) is 25.8. The average Bonchev–Trinajstić information content (AvgIpc) is 3.64. The van der Waals surface area contributed by atoms with Crippen molar-refractivity contribution in [3.05, 3.63) is 142 Å². The highest BCUT2D eigenvalue weighted by molar-refractivity contribution is 6.40. The van der Waals surface area contributed by atoms with Gasteiger partial charge in [0.1, 0.15) is 11.5 Å². The second-order valence-electron chi connectivity index (χ2n) is 13.5. The number of hydrogen-bond acceptors (Lipinski definition) is 8. The second-order valence-corrected chi connectivity index (χ2v) is 13.5. The molecule has 0 aliphatic rings. The molecule has 0 aliphatic heterocycles. The molecule has 54 heavy (non-hydrogen) atoms. The Morgan fingerprint density at radius 2 is 1.50 bits per heavy atom. The lowest BCUT2D eigenvalue weighted by atomic mass is 9.85. The Morgan fingerprint density at radius 3 is 2.15 bits per heavy atom. The molecule has 2 N–H and O–H groups in total. The number of rotatable bonds is 17. The molecule has 12 heteroatoms. The van der Waals surface area contributed by atoms with E-state index in [1.807, 2.05) is 48.5 Å². The molecule has 0 fully saturated rings. The smallest absolute Gasteiger partial charge is 0.303 e. The van der Waals surface area contributed by atoms with Crippen LogP contribution in [0.4, 0.5) is 11.4 Å². The minimum atomic E-state index is -1.46. The number of non-ortho nitro benzene ring substituents is 1. The SMILES string of the molecule is CC(C)C(=O)C(CCC(=O)O)C(=O)C(=O)N(Cc1ccc2ccccc2c1)C(C)C(Cc1ccc(C(=O)Nc2ccccc2)o1)c1ccc([N+](=O)[O-])cc1. The summed E-state index contributed by atoms with van der Waals surface area (Å²) in [5.41, 5.74) is 1.71. The maximum Gasteiger partial charge on any atom is 0.303 e. The van der Waals surface area contributed by atoms with Gasteiger partial charge in [0.05, 0.1) is 10.8 Å². The third-order valence-corrected chi connectivity index (χ3v) is 9.46. The number of aliphatic carboxylic acids is 1. The number of amides is 2. The van der Waals surface area contributed by atoms with Crippen LogP contribution in [0.3, 0.4) is 0 Å². The van der Waals surface area contributed by atoms with Gasteiger partial charge in [-0.15, -0.1) is 0 Å². The molecule has 3 unspecified atom stereocenters. The Bertz CT molecular complexity index is 2160. The third-order valence-electron chi connectivity index (χ3n) is 9.46. The second kappa shape index (κ2) is 17.4. The summed E-state index contributed by atoms with van der Waals surface area (Å²) in [6.07, 6.45) is -0.700. The fraction of sp³-hybridized carbons (Fsp3) is 0.262. The van der Waals surface area contributed by atoms with E-state index in [1.165, 1.54) is 23.1 Å². The number of para-hydroxylation sites is 1. The predicted molar refractivity (Wildman–Crippen MR) is 202 cm³/mol. The van der Waals surface area contributed by atoms with Crippen LogP contribution in [-0.4, -0.2) is 50.3 Å². The van der Waals surface area contributed by atoms with Crippen LogP contribution < -0.4 is 5.32 Å². The maximum absolute atomic E-state index is 14.5. The Balaban J connectivity index is 1.55. The number of carboxylic acid groups (broad SMARTS) is 1. The highest BCUT2D eigenvalue weighted by atomic mass is 16.6. The fourth-order valence-electron chi connectivity index (χ4n) is 6.47. The maximum atomic E-state index is 14.5. The van der Waals surface area contributed by atoms with Crippen molar-refractivity contribution in [1.29, 1.82) is 0 Å². The molecule has 0 spiro atoms. The molecule has 1 aromatic heterocycles. The van der Waals surface area contributed by atoms with Crippen LogP contribution in [-0.2, 0) is 32.1 Å². The highest BCUT2D eigenvalue weighted by Crippen LogP contribution is 2.32. The summed E-state index contributed by atoms with van der Waals surface area (Å²) in [6, 6.07) is 30.3. The summed E-state index contributed by atoms with van der Waals surface area (Å²) in [4.78, 5) is 78.7. The Hall–Kier alpha value is -6.43. The number of nitrogens with zero attached hydrogens (tertiary/aromatic N) is 2. The Morgan fingerprint density at radius 1 is 0.833 bits per heavy atom. The number of furan rings is 1. The van der Waals surface area contributed by atoms with Crippen molar-refractivity contribution in [3.8, 4) is 0 Å². The predicted octanol–water partition coefficient (Wildman–Crippen LogP) is 7.61. The first kappa shape index (κ1) is 38.8. The lowest BCUT2D eigenvalue weighted by molar-refractivity contribution is -0.384. The van der Waals surface area contributed by atoms with E-state index >= 15 is 0 Å². The van der Waals surface area contributed by atoms with Gasteiger partial charge in [-0.05, 0) is 65.6 Å². The average molecular weight is 732 g/mol. The van der Waals surface area contributed by atoms with Gasteiger partial charge in [0.2, 0.25) is 5.78 Å². The van der Waals surface area contributed by atoms with Crippen LogP contribution in [0.15, 0.2) is 114 Å². The van der Waals surface area contributed by atoms with E-state index in [2.05, 4.69) is 5.32 Å². The van der Waals surface area contributed by atoms with Gasteiger partial charge in [0.25, 0.3) is 17.5 Å². The number of nitrogens with one attached hydrogen (secondary N) is 1. The zero-order valence-corrected chi connectivity index (χ0v) is 30.1. The molecule has 4 aromatic carbocycles. The molecule has 0 saturated carbocycles. The van der Waals surface area contributed by atoms with Gasteiger partial charge in [-0.3, -0.25) is 34.1 Å². The van der Waals surface area contributed by atoms with Crippen molar-refractivity contribution < 1.29 is 38.4 Å². The summed E-state index contributed by atoms with van der Waals surface area (Å²) in [5, 5.41) is 25.6. The van der Waals surface area contributed by atoms with E-state index in [0.29, 0.717) is 22.6 Å². The van der Waals surface area contributed by atoms with E-state index in [-0.39, 0.29) is 30.8 Å². The standard InChI is InChI=1S/C42H41N3O9/c1-26(2)39(48)35(20-22-38(46)47)40(49)42(51)44(25-28-13-14-29-9-7-8-10-31(29)23-28)27(3)36(30-15-17-33(18-16-30)45(52)53)24-34-19-21-37(54-34)41(50)43-32-11-5-4-6-12-32/h4-19,21,23,26-27,35-36H,20,22,24-25H2,1-3H3,(H,43,50)(H,46,47). The quantitative estimate of drug-likeness (QED) is 0.0422. The van der Waals surface area contributed by atoms with E-state index in [4.69, 9.17) is 4.42 Å². The normalized spacial score (nSPS) is 12.8. The summed E-state index contributed by atoms with van der Waals surface area (Å²) in [5.74, 6) is -6.51. The fourth-order valence-corrected chi connectivity index (χ4v) is 6.47. The Labute approximate surface area is 311 Å². The first-order valence-corrected chi connectivity index (χ1v) is 17.6. The molecule has 1 heterocycles. The van der Waals surface area contributed by atoms with Crippen molar-refractivity contribution in [2.24, 2.45) is 11.8 Å². The van der Waals surface area contributed by atoms with Crippen molar-refractivity contribution >= 4 is 51.5 Å². The third kappa shape index (κ3) is 9.51. The summed E-state index contributed by atoms with van der Waals surface area (Å²) in [6.45, 7) is 4.86. The number of Topliss-reactive ketones (excluding diaryl/α,β-unsaturated/α-hetero) is 2. The van der Waals surface area contributed by atoms with E-state index in [9.17, 15) is 39.2 Å². The number of anilines is 1. The first-order valence-electron chi connectivity index (χ1n) is 17.6. The number of nitro benzene ring substituents is 1. The summed E-state index contributed by atoms with van der Waals surface area (Å²) < 4.78 is 6.00. The molecular formula is C42H41N3O9. The van der Waals surface area contributed by atoms with Gasteiger partial charge in [-0.2, -0.15) is 0 Å². The number of carboxylic acids is 1. The van der Waals surface area contributed by atoms with Gasteiger partial charge >= 0.3 is 5.97 Å². The van der Waals surface area contributed by atoms with Crippen molar-refractivity contribution in [2.45, 2.75) is 58.5 Å². The van der Waals surface area contributed by atoms with Crippen molar-refractivity contribution in [1.82, 2.24) is 4.90 Å². The van der Waals surface area contributed by atoms with E-state index < -0.39 is 64.5 Å². The number of fused-ring (bicyclic) bond motifs is 1. The minimum Gasteiger partial charge on any atom is -0.481 e. The molecule has 5 rings (SSSR count). The van der Waals surface area contributed by atoms with Crippen LogP contribution in [0.2, 0.25) is 0 Å². The molecule has 0 bridgehead atoms. The lowest BCUT2D eigenvalue weighted by Gasteiger charge is -2.35. The van der Waals surface area contributed by atoms with Crippen LogP contribution in [0.5, 0.6) is 0 Å². The molecular weight excluding hydrogens is 690 g/mol. The van der Waals surface area contributed by atoms with Crippen LogP contribution in [0.1, 0.15) is 67.0 Å². The molecule has 5 aromatic rings. The topological polar surface area (TPSA) is 177 Å². The number of nitro groups is 1. The molecule has 278 valence electrons. The van der Waals surface area contributed by atoms with Crippen LogP contribution in [0.25, 0.3) is 10.8 Å². The number of carbonyl (C=O) groups excluding carboxylic acids is 4. The molecule has 0 radical (unpaired) electrons. The minimum absolute atomic E-state index is 0.0386. The molecule has 3 atom stereocenters. The zero-order valence-electron chi connectivity index (χ0n) is 30.1. The summed E-state index contributed by atoms with van der Waals surface area (Å²) >= 11 is 0. The van der Waals surface area contributed by atoms with Gasteiger partial charge in [0, 0.05) is 55.1 Å². The largest absolute Gasteiger partial charge is 0.481 e. The molecule has 12 nitrogen and oxygen atoms in total. The zero-order chi connectivity index (χ0) is 38.9. The number of benzene rings is 4. The molecule has 2 amide bonds. The number of hydrogen-bond donors (Lipinski definition) is 2. The van der Waals surface area contributed by atoms with Gasteiger partial charge < -0.3 is 19.7 Å². The van der Waals surface area contributed by atoms with Gasteiger partial charge in [0.15, 0.2) is 5.76 Å². The Kier molecular flexibility index (Phi) is 12.5. The number of ketones is 2. The van der Waals surface area contributed by atoms with E-state index in [0.717, 1.165) is 10.8 Å². The monoisotopic (exact) mass is 731 g/mol. The molecule has 0 aliphatic carbocycles. The lowest BCUT2D eigenvalue weighted by Crippen LogP contribution is -2.48. The summed E-state index contributed by atoms with van der Waals surface area (Å²) in [7, 11) is 0. The van der Waals surface area contributed by atoms with Crippen molar-refractivity contribution in [2.75, 3.05) is 5.32 Å². The highest BCUT2D eigenvalue weighted by Gasteiger charge is 2.39.